The van der Waals surface area contributed by atoms with E-state index in [4.69, 9.17) is 15.0 Å². The van der Waals surface area contributed by atoms with Crippen molar-refractivity contribution in [3.05, 3.63) is 23.7 Å². The first kappa shape index (κ1) is 14.7. The number of carbonyl (C=O) groups is 1. The number of nitrogen functional groups attached to an aromatic ring is 1. The van der Waals surface area contributed by atoms with Crippen molar-refractivity contribution >= 4 is 5.91 Å². The largest absolute Gasteiger partial charge is 0.459 e. The summed E-state index contributed by atoms with van der Waals surface area (Å²) in [6.07, 6.45) is 7.48. The Kier molecular flexibility index (Phi) is 7.13. The second kappa shape index (κ2) is 8.72. The summed E-state index contributed by atoms with van der Waals surface area (Å²) in [4.78, 5) is 11.3. The smallest absolute Gasteiger partial charge is 0.301 e. The van der Waals surface area contributed by atoms with Gasteiger partial charge >= 0.3 is 5.91 Å². The molecule has 0 saturated heterocycles. The number of amides is 1. The molecule has 0 spiro atoms. The van der Waals surface area contributed by atoms with Crippen molar-refractivity contribution in [3.63, 3.8) is 0 Å². The van der Waals surface area contributed by atoms with Gasteiger partial charge in [-0.1, -0.05) is 32.6 Å². The molecule has 1 aromatic rings. The molecule has 0 saturated carbocycles. The van der Waals surface area contributed by atoms with Crippen LogP contribution < -0.4 is 11.3 Å². The summed E-state index contributed by atoms with van der Waals surface area (Å²) in [5.41, 5.74) is 2.77. The van der Waals surface area contributed by atoms with Crippen molar-refractivity contribution in [1.29, 1.82) is 0 Å². The SMILES string of the molecule is CCCCCCCOCc1ccoc1C(=O)NN. The first-order valence-electron chi connectivity index (χ1n) is 6.44. The Morgan fingerprint density at radius 1 is 1.39 bits per heavy atom. The van der Waals surface area contributed by atoms with Crippen LogP contribution in [-0.4, -0.2) is 12.5 Å². The first-order chi connectivity index (χ1) is 8.79. The highest BCUT2D eigenvalue weighted by Crippen LogP contribution is 2.12. The molecule has 1 heterocycles. The third-order valence-corrected chi connectivity index (χ3v) is 2.73. The summed E-state index contributed by atoms with van der Waals surface area (Å²) in [6, 6.07) is 1.72. The lowest BCUT2D eigenvalue weighted by atomic mass is 10.2. The number of carbonyl (C=O) groups excluding carboxylic acids is 1. The van der Waals surface area contributed by atoms with Gasteiger partial charge in [0.15, 0.2) is 5.76 Å². The summed E-state index contributed by atoms with van der Waals surface area (Å²) in [5, 5.41) is 0. The molecule has 0 aromatic carbocycles. The minimum absolute atomic E-state index is 0.225. The fourth-order valence-corrected chi connectivity index (χ4v) is 1.70. The van der Waals surface area contributed by atoms with Crippen LogP contribution in [0.2, 0.25) is 0 Å². The summed E-state index contributed by atoms with van der Waals surface area (Å²) in [6.45, 7) is 3.28. The average molecular weight is 254 g/mol. The fraction of sp³-hybridized carbons (Fsp3) is 0.615. The normalized spacial score (nSPS) is 10.6. The molecule has 0 atom stereocenters. The van der Waals surface area contributed by atoms with Gasteiger partial charge in [-0.25, -0.2) is 5.84 Å². The molecular formula is C13H22N2O3. The van der Waals surface area contributed by atoms with Gasteiger partial charge in [-0.3, -0.25) is 10.2 Å². The van der Waals surface area contributed by atoms with E-state index in [1.807, 2.05) is 5.43 Å². The Labute approximate surface area is 108 Å². The number of hydrogen-bond donors (Lipinski definition) is 2. The molecule has 1 aromatic heterocycles. The van der Waals surface area contributed by atoms with Crippen LogP contribution in [0.5, 0.6) is 0 Å². The first-order valence-corrected chi connectivity index (χ1v) is 6.44. The molecule has 0 aliphatic rings. The van der Waals surface area contributed by atoms with Crippen LogP contribution in [0.3, 0.4) is 0 Å². The molecule has 5 nitrogen and oxygen atoms in total. The molecule has 0 aliphatic heterocycles. The number of furan rings is 1. The number of nitrogens with two attached hydrogens (primary N) is 1. The molecule has 0 fully saturated rings. The molecule has 102 valence electrons. The predicted octanol–water partition coefficient (Wildman–Crippen LogP) is 2.37. The van der Waals surface area contributed by atoms with Crippen LogP contribution in [0.4, 0.5) is 0 Å². The van der Waals surface area contributed by atoms with Crippen molar-refractivity contribution in [2.75, 3.05) is 6.61 Å². The van der Waals surface area contributed by atoms with E-state index in [0.717, 1.165) is 12.0 Å². The molecule has 3 N–H and O–H groups in total. The van der Waals surface area contributed by atoms with Gasteiger partial charge in [0.05, 0.1) is 12.9 Å². The van der Waals surface area contributed by atoms with E-state index < -0.39 is 5.91 Å². The third-order valence-electron chi connectivity index (χ3n) is 2.73. The number of unbranched alkanes of at least 4 members (excludes halogenated alkanes) is 4. The van der Waals surface area contributed by atoms with Gasteiger partial charge in [0, 0.05) is 12.2 Å². The summed E-state index contributed by atoms with van der Waals surface area (Å²) in [7, 11) is 0. The van der Waals surface area contributed by atoms with Crippen molar-refractivity contribution in [3.8, 4) is 0 Å². The lowest BCUT2D eigenvalue weighted by Gasteiger charge is -2.04. The Bertz CT molecular complexity index is 350. The van der Waals surface area contributed by atoms with E-state index in [1.54, 1.807) is 6.07 Å². The zero-order valence-electron chi connectivity index (χ0n) is 10.9. The van der Waals surface area contributed by atoms with Gasteiger partial charge in [0.2, 0.25) is 0 Å². The summed E-state index contributed by atoms with van der Waals surface area (Å²) >= 11 is 0. The highest BCUT2D eigenvalue weighted by Gasteiger charge is 2.13. The Balaban J connectivity index is 2.19. The highest BCUT2D eigenvalue weighted by molar-refractivity contribution is 5.92. The highest BCUT2D eigenvalue weighted by atomic mass is 16.5. The van der Waals surface area contributed by atoms with Gasteiger partial charge in [-0.05, 0) is 12.5 Å². The molecule has 0 bridgehead atoms. The number of ether oxygens (including phenoxy) is 1. The van der Waals surface area contributed by atoms with Gasteiger partial charge in [0.1, 0.15) is 0 Å². The molecule has 0 radical (unpaired) electrons. The van der Waals surface area contributed by atoms with Crippen LogP contribution >= 0.6 is 0 Å². The third kappa shape index (κ3) is 4.89. The summed E-state index contributed by atoms with van der Waals surface area (Å²) in [5.74, 6) is 4.85. The minimum atomic E-state index is -0.429. The van der Waals surface area contributed by atoms with Crippen molar-refractivity contribution in [2.24, 2.45) is 5.84 Å². The maximum atomic E-state index is 11.3. The van der Waals surface area contributed by atoms with Crippen LogP contribution in [0, 0.1) is 0 Å². The van der Waals surface area contributed by atoms with E-state index in [9.17, 15) is 4.79 Å². The molecule has 1 rings (SSSR count). The van der Waals surface area contributed by atoms with Crippen LogP contribution in [0.15, 0.2) is 16.7 Å². The number of rotatable bonds is 9. The molecular weight excluding hydrogens is 232 g/mol. The molecule has 0 aliphatic carbocycles. The summed E-state index contributed by atoms with van der Waals surface area (Å²) < 4.78 is 10.6. The number of hydrogen-bond acceptors (Lipinski definition) is 4. The lowest BCUT2D eigenvalue weighted by molar-refractivity contribution is 0.0906. The molecule has 0 unspecified atom stereocenters. The topological polar surface area (TPSA) is 77.5 Å². The van der Waals surface area contributed by atoms with Crippen molar-refractivity contribution in [1.82, 2.24) is 5.43 Å². The quantitative estimate of drug-likeness (QED) is 0.307. The van der Waals surface area contributed by atoms with Gasteiger partial charge in [0.25, 0.3) is 0 Å². The second-order valence-electron chi connectivity index (χ2n) is 4.22. The van der Waals surface area contributed by atoms with Gasteiger partial charge in [-0.2, -0.15) is 0 Å². The van der Waals surface area contributed by atoms with Crippen molar-refractivity contribution in [2.45, 2.75) is 45.6 Å². The van der Waals surface area contributed by atoms with Crippen LogP contribution in [0.1, 0.15) is 55.1 Å². The minimum Gasteiger partial charge on any atom is -0.459 e. The van der Waals surface area contributed by atoms with Crippen LogP contribution in [0.25, 0.3) is 0 Å². The fourth-order valence-electron chi connectivity index (χ4n) is 1.70. The number of hydrazine groups is 1. The zero-order valence-corrected chi connectivity index (χ0v) is 10.9. The standard InChI is InChI=1S/C13H22N2O3/c1-2-3-4-5-6-8-17-10-11-7-9-18-12(11)13(16)15-14/h7,9H,2-6,8,10,14H2,1H3,(H,15,16). The Morgan fingerprint density at radius 2 is 2.17 bits per heavy atom. The maximum Gasteiger partial charge on any atom is 0.301 e. The number of nitrogens with one attached hydrogen (secondary N) is 1. The van der Waals surface area contributed by atoms with E-state index >= 15 is 0 Å². The lowest BCUT2D eigenvalue weighted by Crippen LogP contribution is -2.30. The van der Waals surface area contributed by atoms with Gasteiger partial charge in [-0.15, -0.1) is 0 Å². The van der Waals surface area contributed by atoms with Crippen molar-refractivity contribution < 1.29 is 13.9 Å². The Hall–Kier alpha value is -1.33. The predicted molar refractivity (Wildman–Crippen MR) is 68.8 cm³/mol. The Morgan fingerprint density at radius 3 is 2.89 bits per heavy atom. The van der Waals surface area contributed by atoms with Gasteiger partial charge < -0.3 is 9.15 Å². The molecule has 18 heavy (non-hydrogen) atoms. The van der Waals surface area contributed by atoms with Crippen LogP contribution in [-0.2, 0) is 11.3 Å². The second-order valence-corrected chi connectivity index (χ2v) is 4.22. The molecule has 5 heteroatoms. The molecule has 1 amide bonds. The van der Waals surface area contributed by atoms with E-state index in [-0.39, 0.29) is 5.76 Å². The average Bonchev–Trinajstić information content (AvgIpc) is 2.85. The zero-order chi connectivity index (χ0) is 13.2. The maximum absolute atomic E-state index is 11.3. The van der Waals surface area contributed by atoms with E-state index in [1.165, 1.54) is 31.9 Å². The van der Waals surface area contributed by atoms with E-state index in [2.05, 4.69) is 6.92 Å². The van der Waals surface area contributed by atoms with E-state index in [0.29, 0.717) is 13.2 Å². The monoisotopic (exact) mass is 254 g/mol.